The van der Waals surface area contributed by atoms with Crippen LogP contribution in [0.15, 0.2) is 47.5 Å². The van der Waals surface area contributed by atoms with Gasteiger partial charge in [0.1, 0.15) is 0 Å². The number of aliphatic imine (C=N–C) groups is 1. The summed E-state index contributed by atoms with van der Waals surface area (Å²) in [6.45, 7) is 4.17. The van der Waals surface area contributed by atoms with Crippen molar-refractivity contribution < 1.29 is 4.79 Å². The van der Waals surface area contributed by atoms with Crippen LogP contribution in [0.3, 0.4) is 0 Å². The fourth-order valence-electron chi connectivity index (χ4n) is 2.29. The molecule has 1 aliphatic rings. The molecule has 0 spiro atoms. The van der Waals surface area contributed by atoms with Gasteiger partial charge < -0.3 is 0 Å². The second kappa shape index (κ2) is 5.84. The molecule has 1 fully saturated rings. The van der Waals surface area contributed by atoms with Crippen LogP contribution in [-0.4, -0.2) is 25.6 Å². The zero-order valence-electron chi connectivity index (χ0n) is 12.0. The first-order chi connectivity index (χ1) is 10.1. The van der Waals surface area contributed by atoms with Crippen molar-refractivity contribution in [3.8, 4) is 11.1 Å². The van der Waals surface area contributed by atoms with Crippen molar-refractivity contribution in [3.63, 3.8) is 0 Å². The van der Waals surface area contributed by atoms with E-state index in [4.69, 9.17) is 0 Å². The molecule has 21 heavy (non-hydrogen) atoms. The van der Waals surface area contributed by atoms with Crippen molar-refractivity contribution in [2.75, 3.05) is 0 Å². The van der Waals surface area contributed by atoms with E-state index in [-0.39, 0.29) is 20.9 Å². The van der Waals surface area contributed by atoms with Crippen molar-refractivity contribution in [1.82, 2.24) is 5.32 Å². The summed E-state index contributed by atoms with van der Waals surface area (Å²) in [6.07, 6.45) is 0. The van der Waals surface area contributed by atoms with E-state index in [1.54, 1.807) is 0 Å². The van der Waals surface area contributed by atoms with Crippen molar-refractivity contribution in [1.29, 1.82) is 0 Å². The normalized spacial score (nSPS) is 16.3. The summed E-state index contributed by atoms with van der Waals surface area (Å²) in [5.41, 5.74) is 5.72. The van der Waals surface area contributed by atoms with E-state index in [2.05, 4.69) is 54.5 Å². The SMILES string of the molecule is Cc1ccc(-c2cccc(N=C3NC(=O)C[Se]3)c2C)cc1. The van der Waals surface area contributed by atoms with Crippen LogP contribution in [-0.2, 0) is 4.79 Å². The number of hydrogen-bond donors (Lipinski definition) is 1. The molecule has 0 bridgehead atoms. The molecule has 1 aliphatic heterocycles. The fourth-order valence-corrected chi connectivity index (χ4v) is 3.73. The molecule has 1 saturated heterocycles. The second-order valence-electron chi connectivity index (χ2n) is 5.07. The first kappa shape index (κ1) is 14.1. The maximum atomic E-state index is 11.3. The third-order valence-electron chi connectivity index (χ3n) is 3.48. The van der Waals surface area contributed by atoms with E-state index in [0.29, 0.717) is 5.32 Å². The Hall–Kier alpha value is -1.90. The topological polar surface area (TPSA) is 41.5 Å². The quantitative estimate of drug-likeness (QED) is 0.836. The van der Waals surface area contributed by atoms with E-state index < -0.39 is 0 Å². The number of nitrogens with zero attached hydrogens (tertiary/aromatic N) is 1. The predicted molar refractivity (Wildman–Crippen MR) is 87.2 cm³/mol. The van der Waals surface area contributed by atoms with Gasteiger partial charge >= 0.3 is 130 Å². The summed E-state index contributed by atoms with van der Waals surface area (Å²) in [5.74, 6) is 0.0843. The van der Waals surface area contributed by atoms with Gasteiger partial charge in [-0.1, -0.05) is 0 Å². The molecule has 1 heterocycles. The Morgan fingerprint density at radius 3 is 2.52 bits per heavy atom. The van der Waals surface area contributed by atoms with E-state index in [9.17, 15) is 4.79 Å². The fraction of sp³-hybridized carbons (Fsp3) is 0.176. The van der Waals surface area contributed by atoms with E-state index in [1.165, 1.54) is 16.7 Å². The minimum atomic E-state index is 0.0843. The second-order valence-corrected chi connectivity index (χ2v) is 7.09. The molecule has 106 valence electrons. The first-order valence-corrected chi connectivity index (χ1v) is 8.88. The van der Waals surface area contributed by atoms with Gasteiger partial charge in [-0.2, -0.15) is 0 Å². The number of amidine groups is 1. The number of carbonyl (C=O) groups excluding carboxylic acids is 1. The Balaban J connectivity index is 1.99. The number of hydrogen-bond acceptors (Lipinski definition) is 2. The number of benzene rings is 2. The van der Waals surface area contributed by atoms with Crippen LogP contribution >= 0.6 is 0 Å². The zero-order chi connectivity index (χ0) is 14.8. The van der Waals surface area contributed by atoms with Gasteiger partial charge in [0.15, 0.2) is 0 Å². The van der Waals surface area contributed by atoms with E-state index >= 15 is 0 Å². The van der Waals surface area contributed by atoms with Crippen LogP contribution in [0, 0.1) is 13.8 Å². The number of aryl methyl sites for hydroxylation is 1. The molecule has 1 N–H and O–H groups in total. The molecule has 0 saturated carbocycles. The van der Waals surface area contributed by atoms with E-state index in [0.717, 1.165) is 16.0 Å². The van der Waals surface area contributed by atoms with Gasteiger partial charge in [0, 0.05) is 0 Å². The van der Waals surface area contributed by atoms with Crippen LogP contribution < -0.4 is 5.32 Å². The average molecular weight is 343 g/mol. The molecule has 0 aliphatic carbocycles. The summed E-state index contributed by atoms with van der Waals surface area (Å²) >= 11 is 0.142. The molecule has 2 aromatic rings. The molecule has 0 atom stereocenters. The monoisotopic (exact) mass is 344 g/mol. The Morgan fingerprint density at radius 1 is 1.10 bits per heavy atom. The van der Waals surface area contributed by atoms with Crippen LogP contribution in [0.25, 0.3) is 11.1 Å². The molecule has 1 amide bonds. The van der Waals surface area contributed by atoms with Crippen LogP contribution in [0.2, 0.25) is 5.32 Å². The Morgan fingerprint density at radius 2 is 1.86 bits per heavy atom. The first-order valence-electron chi connectivity index (χ1n) is 6.81. The predicted octanol–water partition coefficient (Wildman–Crippen LogP) is 3.21. The summed E-state index contributed by atoms with van der Waals surface area (Å²) in [4.78, 5) is 15.9. The Labute approximate surface area is 130 Å². The van der Waals surface area contributed by atoms with Crippen LogP contribution in [0.1, 0.15) is 11.1 Å². The average Bonchev–Trinajstić information content (AvgIpc) is 2.88. The summed E-state index contributed by atoms with van der Waals surface area (Å²) < 4.78 is 0.830. The standard InChI is InChI=1S/C17H16N2OSe/c1-11-6-8-13(9-7-11)14-4-3-5-15(12(14)2)18-17-19-16(20)10-21-17/h3-9H,10H2,1-2H3,(H,18,19,20). The van der Waals surface area contributed by atoms with Gasteiger partial charge in [0.25, 0.3) is 0 Å². The molecular formula is C17H16N2OSe. The van der Waals surface area contributed by atoms with Crippen molar-refractivity contribution >= 4 is 31.3 Å². The molecule has 3 nitrogen and oxygen atoms in total. The zero-order valence-corrected chi connectivity index (χ0v) is 13.7. The van der Waals surface area contributed by atoms with Gasteiger partial charge in [-0.25, -0.2) is 0 Å². The third kappa shape index (κ3) is 3.07. The summed E-state index contributed by atoms with van der Waals surface area (Å²) in [7, 11) is 0. The number of carbonyl (C=O) groups is 1. The molecular weight excluding hydrogens is 327 g/mol. The number of rotatable bonds is 2. The van der Waals surface area contributed by atoms with Gasteiger partial charge in [0.2, 0.25) is 0 Å². The van der Waals surface area contributed by atoms with Crippen molar-refractivity contribution in [3.05, 3.63) is 53.6 Å². The molecule has 0 unspecified atom stereocenters. The summed E-state index contributed by atoms with van der Waals surface area (Å²) in [5, 5.41) is 3.43. The van der Waals surface area contributed by atoms with Gasteiger partial charge in [-0.3, -0.25) is 0 Å². The molecule has 2 aromatic carbocycles. The van der Waals surface area contributed by atoms with Crippen molar-refractivity contribution in [2.45, 2.75) is 19.2 Å². The third-order valence-corrected chi connectivity index (χ3v) is 5.31. The van der Waals surface area contributed by atoms with Gasteiger partial charge in [0.05, 0.1) is 0 Å². The van der Waals surface area contributed by atoms with Crippen molar-refractivity contribution in [2.24, 2.45) is 4.99 Å². The van der Waals surface area contributed by atoms with Gasteiger partial charge in [-0.15, -0.1) is 0 Å². The maximum absolute atomic E-state index is 11.3. The summed E-state index contributed by atoms with van der Waals surface area (Å²) in [6, 6.07) is 14.6. The van der Waals surface area contributed by atoms with Crippen LogP contribution in [0.5, 0.6) is 0 Å². The molecule has 0 aromatic heterocycles. The number of amides is 1. The number of nitrogens with one attached hydrogen (secondary N) is 1. The van der Waals surface area contributed by atoms with E-state index in [1.807, 2.05) is 12.1 Å². The minimum absolute atomic E-state index is 0.0843. The van der Waals surface area contributed by atoms with Gasteiger partial charge in [-0.05, 0) is 0 Å². The Bertz CT molecular complexity index is 720. The molecule has 3 rings (SSSR count). The Kier molecular flexibility index (Phi) is 3.91. The molecule has 4 heteroatoms. The molecule has 0 radical (unpaired) electrons. The van der Waals surface area contributed by atoms with Crippen LogP contribution in [0.4, 0.5) is 5.69 Å².